The number of benzene rings is 2. The summed E-state index contributed by atoms with van der Waals surface area (Å²) < 4.78 is 55.2. The second kappa shape index (κ2) is 11.6. The topological polar surface area (TPSA) is 113 Å². The summed E-state index contributed by atoms with van der Waals surface area (Å²) in [5.74, 6) is 0.589. The number of rotatable bonds is 10. The molecule has 0 aliphatic carbocycles. The summed E-state index contributed by atoms with van der Waals surface area (Å²) in [5, 5.41) is 8.74. The first kappa shape index (κ1) is 30.7. The van der Waals surface area contributed by atoms with Crippen LogP contribution in [0.15, 0.2) is 42.5 Å². The first-order chi connectivity index (χ1) is 15.1. The summed E-state index contributed by atoms with van der Waals surface area (Å²) in [7, 11) is -4.40. The lowest BCUT2D eigenvalue weighted by atomic mass is 9.85. The first-order valence-corrected chi connectivity index (χ1v) is 12.1. The third-order valence-electron chi connectivity index (χ3n) is 5.45. The molecular formula is C22H29Cl2F3NO5P. The van der Waals surface area contributed by atoms with E-state index in [-0.39, 0.29) is 24.6 Å². The average Bonchev–Trinajstić information content (AvgIpc) is 2.68. The lowest BCUT2D eigenvalue weighted by molar-refractivity contribution is -0.137. The van der Waals surface area contributed by atoms with Gasteiger partial charge in [0.25, 0.3) is 0 Å². The van der Waals surface area contributed by atoms with Crippen molar-refractivity contribution in [3.8, 4) is 11.5 Å². The summed E-state index contributed by atoms with van der Waals surface area (Å²) in [6, 6.07) is 9.21. The van der Waals surface area contributed by atoms with Gasteiger partial charge in [-0.3, -0.25) is 4.57 Å². The van der Waals surface area contributed by atoms with Crippen LogP contribution in [-0.2, 0) is 17.2 Å². The van der Waals surface area contributed by atoms with E-state index >= 15 is 0 Å². The van der Waals surface area contributed by atoms with E-state index in [4.69, 9.17) is 22.1 Å². The number of aliphatic hydroxyl groups excluding tert-OH is 1. The molecule has 0 aliphatic heterocycles. The normalized spacial score (nSPS) is 14.3. The molecule has 1 unspecified atom stereocenters. The maximum atomic E-state index is 12.7. The van der Waals surface area contributed by atoms with Crippen molar-refractivity contribution in [2.24, 2.45) is 5.73 Å². The summed E-state index contributed by atoms with van der Waals surface area (Å²) in [6.07, 6.45) is -3.17. The van der Waals surface area contributed by atoms with Crippen molar-refractivity contribution in [1.82, 2.24) is 0 Å². The fourth-order valence-corrected chi connectivity index (χ4v) is 4.25. The van der Waals surface area contributed by atoms with E-state index in [1.165, 1.54) is 26.0 Å². The van der Waals surface area contributed by atoms with E-state index < -0.39 is 36.6 Å². The highest BCUT2D eigenvalue weighted by atomic mass is 35.5. The van der Waals surface area contributed by atoms with Gasteiger partial charge in [-0.25, -0.2) is 0 Å². The summed E-state index contributed by atoms with van der Waals surface area (Å²) in [4.78, 5) is 19.0. The Morgan fingerprint density at radius 2 is 1.62 bits per heavy atom. The Labute approximate surface area is 207 Å². The van der Waals surface area contributed by atoms with E-state index in [1.807, 2.05) is 0 Å². The van der Waals surface area contributed by atoms with Crippen molar-refractivity contribution in [2.75, 3.05) is 6.61 Å². The Kier molecular flexibility index (Phi) is 10.5. The molecule has 0 aliphatic rings. The molecule has 12 heteroatoms. The fraction of sp³-hybridized carbons (Fsp3) is 0.455. The van der Waals surface area contributed by atoms with Crippen LogP contribution in [0.3, 0.4) is 0 Å². The Morgan fingerprint density at radius 1 is 1.06 bits per heavy atom. The van der Waals surface area contributed by atoms with E-state index in [2.05, 4.69) is 0 Å². The molecule has 192 valence electrons. The standard InChI is InChI=1S/C22H28ClF3NO5P.ClH/c1-20(2,33(29,30)31)13-21(27,14-28)11-3-4-15-5-8-18(12-19(15)23)32-17-9-6-16(7-10-17)22(24,25)26;/h5-10,12,28H,3-4,11,13-14,27H2,1-2H3,(H2,29,30,31);1H. The van der Waals surface area contributed by atoms with Crippen molar-refractivity contribution in [3.63, 3.8) is 0 Å². The Morgan fingerprint density at radius 3 is 2.09 bits per heavy atom. The van der Waals surface area contributed by atoms with Gasteiger partial charge in [0.05, 0.1) is 17.3 Å². The maximum absolute atomic E-state index is 12.7. The van der Waals surface area contributed by atoms with E-state index in [9.17, 15) is 32.6 Å². The van der Waals surface area contributed by atoms with Crippen LogP contribution in [0.25, 0.3) is 0 Å². The molecule has 6 nitrogen and oxygen atoms in total. The molecule has 5 N–H and O–H groups in total. The second-order valence-electron chi connectivity index (χ2n) is 8.78. The highest BCUT2D eigenvalue weighted by Crippen LogP contribution is 2.53. The zero-order valence-corrected chi connectivity index (χ0v) is 21.1. The monoisotopic (exact) mass is 545 g/mol. The molecule has 0 heterocycles. The van der Waals surface area contributed by atoms with Gasteiger partial charge in [-0.05, 0) is 81.5 Å². The lowest BCUT2D eigenvalue weighted by Crippen LogP contribution is -2.48. The van der Waals surface area contributed by atoms with Crippen LogP contribution in [0.1, 0.15) is 44.2 Å². The van der Waals surface area contributed by atoms with Gasteiger partial charge in [0.15, 0.2) is 0 Å². The van der Waals surface area contributed by atoms with Crippen LogP contribution in [0, 0.1) is 0 Å². The number of hydrogen-bond donors (Lipinski definition) is 4. The van der Waals surface area contributed by atoms with Crippen LogP contribution in [0.2, 0.25) is 5.02 Å². The van der Waals surface area contributed by atoms with Crippen molar-refractivity contribution >= 4 is 31.6 Å². The molecule has 0 radical (unpaired) electrons. The number of hydrogen-bond acceptors (Lipinski definition) is 4. The number of aryl methyl sites for hydroxylation is 1. The largest absolute Gasteiger partial charge is 0.457 e. The lowest BCUT2D eigenvalue weighted by Gasteiger charge is -2.36. The quantitative estimate of drug-likeness (QED) is 0.275. The smallest absolute Gasteiger partial charge is 0.416 e. The summed E-state index contributed by atoms with van der Waals surface area (Å²) in [6.45, 7) is 2.40. The Hall–Kier alpha value is -1.32. The van der Waals surface area contributed by atoms with E-state index in [1.54, 1.807) is 18.2 Å². The highest BCUT2D eigenvalue weighted by molar-refractivity contribution is 7.53. The zero-order chi connectivity index (χ0) is 25.1. The predicted molar refractivity (Wildman–Crippen MR) is 128 cm³/mol. The van der Waals surface area contributed by atoms with E-state index in [0.717, 1.165) is 17.7 Å². The molecule has 2 rings (SSSR count). The minimum Gasteiger partial charge on any atom is -0.457 e. The van der Waals surface area contributed by atoms with Crippen molar-refractivity contribution in [2.45, 2.75) is 56.4 Å². The molecule has 0 amide bonds. The molecule has 2 aromatic rings. The number of halogens is 5. The van der Waals surface area contributed by atoms with Crippen LogP contribution >= 0.6 is 31.6 Å². The van der Waals surface area contributed by atoms with Crippen LogP contribution in [0.4, 0.5) is 13.2 Å². The predicted octanol–water partition coefficient (Wildman–Crippen LogP) is 5.93. The van der Waals surface area contributed by atoms with Gasteiger partial charge in [0, 0.05) is 10.6 Å². The molecule has 0 aromatic heterocycles. The molecule has 34 heavy (non-hydrogen) atoms. The van der Waals surface area contributed by atoms with Gasteiger partial charge >= 0.3 is 13.8 Å². The second-order valence-corrected chi connectivity index (χ2v) is 11.5. The van der Waals surface area contributed by atoms with Crippen LogP contribution in [-0.4, -0.2) is 32.2 Å². The molecule has 0 fully saturated rings. The van der Waals surface area contributed by atoms with Gasteiger partial charge < -0.3 is 25.4 Å². The van der Waals surface area contributed by atoms with Gasteiger partial charge in [-0.15, -0.1) is 12.4 Å². The minimum atomic E-state index is -4.42. The number of nitrogens with two attached hydrogens (primary N) is 1. The number of alkyl halides is 3. The van der Waals surface area contributed by atoms with Crippen LogP contribution < -0.4 is 10.5 Å². The Bertz CT molecular complexity index is 999. The Balaban J connectivity index is 0.00000578. The average molecular weight is 546 g/mol. The zero-order valence-electron chi connectivity index (χ0n) is 18.7. The maximum Gasteiger partial charge on any atom is 0.416 e. The molecule has 0 bridgehead atoms. The van der Waals surface area contributed by atoms with Crippen molar-refractivity contribution in [1.29, 1.82) is 0 Å². The van der Waals surface area contributed by atoms with Gasteiger partial charge in [-0.2, -0.15) is 13.2 Å². The van der Waals surface area contributed by atoms with Gasteiger partial charge in [0.1, 0.15) is 11.5 Å². The molecule has 0 saturated heterocycles. The molecule has 0 spiro atoms. The van der Waals surface area contributed by atoms with Gasteiger partial charge in [0.2, 0.25) is 0 Å². The molecule has 1 atom stereocenters. The van der Waals surface area contributed by atoms with E-state index in [0.29, 0.717) is 30.0 Å². The first-order valence-electron chi connectivity index (χ1n) is 10.2. The fourth-order valence-electron chi connectivity index (χ4n) is 3.46. The molecular weight excluding hydrogens is 517 g/mol. The van der Waals surface area contributed by atoms with Gasteiger partial charge in [-0.1, -0.05) is 17.7 Å². The molecule has 0 saturated carbocycles. The molecule has 2 aromatic carbocycles. The summed E-state index contributed by atoms with van der Waals surface area (Å²) >= 11 is 6.32. The van der Waals surface area contributed by atoms with Crippen LogP contribution in [0.5, 0.6) is 11.5 Å². The third-order valence-corrected chi connectivity index (χ3v) is 7.54. The SMILES string of the molecule is CC(C)(CC(N)(CO)CCCc1ccc(Oc2ccc(C(F)(F)F)cc2)cc1Cl)P(=O)(O)O.Cl. The third kappa shape index (κ3) is 8.41. The highest BCUT2D eigenvalue weighted by Gasteiger charge is 2.43. The van der Waals surface area contributed by atoms with Crippen molar-refractivity contribution in [3.05, 3.63) is 58.6 Å². The van der Waals surface area contributed by atoms with Crippen molar-refractivity contribution < 1.29 is 37.4 Å². The summed E-state index contributed by atoms with van der Waals surface area (Å²) in [5.41, 5.74) is 5.05. The number of ether oxygens (including phenoxy) is 1. The minimum absolute atomic E-state index is 0. The number of aliphatic hydroxyl groups is 1.